The van der Waals surface area contributed by atoms with Gasteiger partial charge in [0.05, 0.1) is 6.61 Å². The van der Waals surface area contributed by atoms with Crippen molar-refractivity contribution in [3.05, 3.63) is 0 Å². The zero-order valence-corrected chi connectivity index (χ0v) is 7.79. The van der Waals surface area contributed by atoms with Gasteiger partial charge in [-0.2, -0.15) is 0 Å². The number of methoxy groups -OCH3 is 1. The number of rotatable bonds is 6. The molecule has 1 N–H and O–H groups in total. The summed E-state index contributed by atoms with van der Waals surface area (Å²) in [5.74, 6) is -0.964. The average molecular weight is 176 g/mol. The van der Waals surface area contributed by atoms with E-state index in [2.05, 4.69) is 0 Å². The third kappa shape index (κ3) is 2.46. The van der Waals surface area contributed by atoms with Crippen molar-refractivity contribution in [2.24, 2.45) is 0 Å². The molecule has 4 nitrogen and oxygen atoms in total. The number of hydrogen-bond acceptors (Lipinski definition) is 3. The van der Waals surface area contributed by atoms with E-state index in [0.29, 0.717) is 13.0 Å². The first-order valence-electron chi connectivity index (χ1n) is 3.99. The first kappa shape index (κ1) is 11.4. The highest BCUT2D eigenvalue weighted by Gasteiger charge is 2.37. The molecule has 72 valence electrons. The Kier molecular flexibility index (Phi) is 4.85. The number of carboxylic acids is 1. The highest BCUT2D eigenvalue weighted by molar-refractivity contribution is 5.77. The van der Waals surface area contributed by atoms with Gasteiger partial charge in [-0.05, 0) is 13.3 Å². The van der Waals surface area contributed by atoms with E-state index in [-0.39, 0.29) is 6.61 Å². The van der Waals surface area contributed by atoms with Crippen LogP contribution >= 0.6 is 0 Å². The molecular formula is C8H16O4. The second-order valence-electron chi connectivity index (χ2n) is 2.52. The van der Waals surface area contributed by atoms with Crippen LogP contribution in [0.2, 0.25) is 0 Å². The van der Waals surface area contributed by atoms with Crippen molar-refractivity contribution >= 4 is 5.97 Å². The van der Waals surface area contributed by atoms with Gasteiger partial charge in [0.15, 0.2) is 5.60 Å². The molecule has 0 aliphatic heterocycles. The maximum absolute atomic E-state index is 10.8. The van der Waals surface area contributed by atoms with Crippen molar-refractivity contribution in [3.63, 3.8) is 0 Å². The Balaban J connectivity index is 4.39. The zero-order chi connectivity index (χ0) is 9.61. The lowest BCUT2D eigenvalue weighted by molar-refractivity contribution is -0.173. The molecule has 0 amide bonds. The minimum absolute atomic E-state index is 0.0900. The molecule has 0 aliphatic rings. The Hall–Kier alpha value is -0.610. The molecule has 4 heteroatoms. The highest BCUT2D eigenvalue weighted by Crippen LogP contribution is 2.16. The lowest BCUT2D eigenvalue weighted by Crippen LogP contribution is -2.45. The molecule has 12 heavy (non-hydrogen) atoms. The van der Waals surface area contributed by atoms with Gasteiger partial charge in [0.2, 0.25) is 0 Å². The lowest BCUT2D eigenvalue weighted by Gasteiger charge is -2.26. The van der Waals surface area contributed by atoms with Crippen LogP contribution in [0.1, 0.15) is 20.3 Å². The summed E-state index contributed by atoms with van der Waals surface area (Å²) >= 11 is 0. The Morgan fingerprint density at radius 2 is 2.08 bits per heavy atom. The molecule has 0 heterocycles. The summed E-state index contributed by atoms with van der Waals surface area (Å²) in [5, 5.41) is 8.88. The molecule has 0 rings (SSSR count). The second kappa shape index (κ2) is 5.11. The molecule has 0 fully saturated rings. The minimum atomic E-state index is -1.16. The SMILES string of the molecule is CCOC(CC)(COC)C(=O)O. The van der Waals surface area contributed by atoms with Crippen molar-refractivity contribution in [2.45, 2.75) is 25.9 Å². The normalized spacial score (nSPS) is 15.6. The van der Waals surface area contributed by atoms with Gasteiger partial charge in [-0.25, -0.2) is 4.79 Å². The van der Waals surface area contributed by atoms with Crippen LogP contribution in [-0.2, 0) is 14.3 Å². The van der Waals surface area contributed by atoms with Gasteiger partial charge in [-0.15, -0.1) is 0 Å². The minimum Gasteiger partial charge on any atom is -0.479 e. The van der Waals surface area contributed by atoms with Crippen LogP contribution in [0, 0.1) is 0 Å². The molecular weight excluding hydrogens is 160 g/mol. The van der Waals surface area contributed by atoms with Gasteiger partial charge in [0.1, 0.15) is 0 Å². The Morgan fingerprint density at radius 1 is 1.50 bits per heavy atom. The standard InChI is InChI=1S/C8H16O4/c1-4-8(6-11-3,7(9)10)12-5-2/h4-6H2,1-3H3,(H,9,10). The molecule has 0 spiro atoms. The van der Waals surface area contributed by atoms with Gasteiger partial charge in [0, 0.05) is 13.7 Å². The lowest BCUT2D eigenvalue weighted by atomic mass is 10.0. The Morgan fingerprint density at radius 3 is 2.33 bits per heavy atom. The maximum Gasteiger partial charge on any atom is 0.338 e. The Bertz CT molecular complexity index is 138. The molecule has 1 unspecified atom stereocenters. The topological polar surface area (TPSA) is 55.8 Å². The summed E-state index contributed by atoms with van der Waals surface area (Å²) in [6, 6.07) is 0. The molecule has 0 aromatic rings. The van der Waals surface area contributed by atoms with E-state index in [1.54, 1.807) is 13.8 Å². The fraction of sp³-hybridized carbons (Fsp3) is 0.875. The fourth-order valence-electron chi connectivity index (χ4n) is 1.03. The molecule has 0 aromatic heterocycles. The summed E-state index contributed by atoms with van der Waals surface area (Å²) in [5.41, 5.74) is -1.16. The Labute approximate surface area is 72.5 Å². The van der Waals surface area contributed by atoms with E-state index in [9.17, 15) is 4.79 Å². The van der Waals surface area contributed by atoms with E-state index in [1.165, 1.54) is 7.11 Å². The number of carbonyl (C=O) groups is 1. The van der Waals surface area contributed by atoms with Gasteiger partial charge >= 0.3 is 5.97 Å². The fourth-order valence-corrected chi connectivity index (χ4v) is 1.03. The summed E-state index contributed by atoms with van der Waals surface area (Å²) in [4.78, 5) is 10.8. The van der Waals surface area contributed by atoms with Crippen LogP contribution in [0.5, 0.6) is 0 Å². The van der Waals surface area contributed by atoms with Gasteiger partial charge in [0.25, 0.3) is 0 Å². The van der Waals surface area contributed by atoms with Gasteiger partial charge < -0.3 is 14.6 Å². The van der Waals surface area contributed by atoms with E-state index in [1.807, 2.05) is 0 Å². The third-order valence-corrected chi connectivity index (χ3v) is 1.76. The van der Waals surface area contributed by atoms with Crippen LogP contribution in [0.15, 0.2) is 0 Å². The number of ether oxygens (including phenoxy) is 2. The van der Waals surface area contributed by atoms with Crippen molar-refractivity contribution in [1.82, 2.24) is 0 Å². The summed E-state index contributed by atoms with van der Waals surface area (Å²) < 4.78 is 9.96. The second-order valence-corrected chi connectivity index (χ2v) is 2.52. The quantitative estimate of drug-likeness (QED) is 0.653. The van der Waals surface area contributed by atoms with E-state index >= 15 is 0 Å². The molecule has 0 radical (unpaired) electrons. The van der Waals surface area contributed by atoms with E-state index < -0.39 is 11.6 Å². The highest BCUT2D eigenvalue weighted by atomic mass is 16.6. The van der Waals surface area contributed by atoms with Crippen LogP contribution in [0.3, 0.4) is 0 Å². The average Bonchev–Trinajstić information content (AvgIpc) is 2.03. The third-order valence-electron chi connectivity index (χ3n) is 1.76. The van der Waals surface area contributed by atoms with Crippen LogP contribution in [0.25, 0.3) is 0 Å². The molecule has 0 bridgehead atoms. The van der Waals surface area contributed by atoms with Crippen LogP contribution in [0.4, 0.5) is 0 Å². The van der Waals surface area contributed by atoms with Crippen molar-refractivity contribution in [3.8, 4) is 0 Å². The number of hydrogen-bond donors (Lipinski definition) is 1. The zero-order valence-electron chi connectivity index (χ0n) is 7.79. The molecule has 0 saturated heterocycles. The van der Waals surface area contributed by atoms with Crippen LogP contribution in [-0.4, -0.2) is 37.0 Å². The predicted molar refractivity (Wildman–Crippen MR) is 44.2 cm³/mol. The molecule has 0 saturated carbocycles. The van der Waals surface area contributed by atoms with Crippen molar-refractivity contribution in [2.75, 3.05) is 20.3 Å². The van der Waals surface area contributed by atoms with Gasteiger partial charge in [-0.1, -0.05) is 6.92 Å². The predicted octanol–water partition coefficient (Wildman–Crippen LogP) is 0.903. The number of carboxylic acid groups (broad SMARTS) is 1. The summed E-state index contributed by atoms with van der Waals surface area (Å²) in [6.07, 6.45) is 0.407. The first-order chi connectivity index (χ1) is 5.63. The summed E-state index contributed by atoms with van der Waals surface area (Å²) in [7, 11) is 1.46. The van der Waals surface area contributed by atoms with Gasteiger partial charge in [-0.3, -0.25) is 0 Å². The first-order valence-corrected chi connectivity index (χ1v) is 3.99. The van der Waals surface area contributed by atoms with Crippen molar-refractivity contribution < 1.29 is 19.4 Å². The number of aliphatic carboxylic acids is 1. The van der Waals surface area contributed by atoms with Crippen LogP contribution < -0.4 is 0 Å². The van der Waals surface area contributed by atoms with E-state index in [4.69, 9.17) is 14.6 Å². The summed E-state index contributed by atoms with van der Waals surface area (Å²) in [6.45, 7) is 4.00. The molecule has 0 aromatic carbocycles. The molecule has 1 atom stereocenters. The monoisotopic (exact) mass is 176 g/mol. The van der Waals surface area contributed by atoms with Crippen molar-refractivity contribution in [1.29, 1.82) is 0 Å². The largest absolute Gasteiger partial charge is 0.479 e. The maximum atomic E-state index is 10.8. The molecule has 0 aliphatic carbocycles. The van der Waals surface area contributed by atoms with E-state index in [0.717, 1.165) is 0 Å². The smallest absolute Gasteiger partial charge is 0.338 e.